The highest BCUT2D eigenvalue weighted by atomic mass is 35.5. The second-order valence-electron chi connectivity index (χ2n) is 3.01. The molecule has 0 unspecified atom stereocenters. The second-order valence-corrected chi connectivity index (χ2v) is 4.36. The Balaban J connectivity index is 2.68. The van der Waals surface area contributed by atoms with Gasteiger partial charge in [-0.15, -0.1) is 0 Å². The summed E-state index contributed by atoms with van der Waals surface area (Å²) in [4.78, 5) is 18.7. The van der Waals surface area contributed by atoms with E-state index in [1.165, 1.54) is 12.4 Å². The van der Waals surface area contributed by atoms with Gasteiger partial charge < -0.3 is 10.4 Å². The number of carbonyl (C=O) groups is 1. The average molecular weight is 262 g/mol. The SMILES string of the molecule is CSCC[C@H](Nc1nccnc1Cl)C(=O)O. The molecule has 16 heavy (non-hydrogen) atoms. The van der Waals surface area contributed by atoms with E-state index >= 15 is 0 Å². The van der Waals surface area contributed by atoms with Crippen molar-refractivity contribution in [1.29, 1.82) is 0 Å². The molecule has 0 radical (unpaired) electrons. The number of nitrogens with zero attached hydrogens (tertiary/aromatic N) is 2. The molecule has 88 valence electrons. The van der Waals surface area contributed by atoms with E-state index in [0.29, 0.717) is 12.2 Å². The summed E-state index contributed by atoms with van der Waals surface area (Å²) in [5.41, 5.74) is 0. The standard InChI is InChI=1S/C9H12ClN3O2S/c1-16-5-2-6(9(14)15)13-8-7(10)11-3-4-12-8/h3-4,6H,2,5H2,1H3,(H,12,13)(H,14,15)/t6-/m0/s1. The first kappa shape index (κ1) is 13.1. The minimum absolute atomic E-state index is 0.179. The summed E-state index contributed by atoms with van der Waals surface area (Å²) < 4.78 is 0. The first-order valence-electron chi connectivity index (χ1n) is 4.60. The van der Waals surface area contributed by atoms with Crippen LogP contribution < -0.4 is 5.32 Å². The zero-order valence-corrected chi connectivity index (χ0v) is 10.3. The van der Waals surface area contributed by atoms with Gasteiger partial charge in [-0.25, -0.2) is 14.8 Å². The van der Waals surface area contributed by atoms with Gasteiger partial charge in [0, 0.05) is 12.4 Å². The van der Waals surface area contributed by atoms with Gasteiger partial charge in [0.1, 0.15) is 6.04 Å². The molecule has 0 saturated carbocycles. The van der Waals surface area contributed by atoms with Crippen molar-refractivity contribution < 1.29 is 9.90 Å². The number of halogens is 1. The number of hydrogen-bond acceptors (Lipinski definition) is 5. The molecule has 0 amide bonds. The lowest BCUT2D eigenvalue weighted by molar-refractivity contribution is -0.137. The van der Waals surface area contributed by atoms with Crippen molar-refractivity contribution in [2.45, 2.75) is 12.5 Å². The van der Waals surface area contributed by atoms with E-state index in [9.17, 15) is 4.79 Å². The summed E-state index contributed by atoms with van der Waals surface area (Å²) >= 11 is 7.36. The fourth-order valence-corrected chi connectivity index (χ4v) is 1.71. The van der Waals surface area contributed by atoms with Crippen molar-refractivity contribution in [3.8, 4) is 0 Å². The van der Waals surface area contributed by atoms with E-state index in [2.05, 4.69) is 15.3 Å². The molecule has 1 rings (SSSR count). The van der Waals surface area contributed by atoms with Gasteiger partial charge in [-0.05, 0) is 18.4 Å². The summed E-state index contributed by atoms with van der Waals surface area (Å²) in [6.45, 7) is 0. The van der Waals surface area contributed by atoms with Crippen LogP contribution in [0.3, 0.4) is 0 Å². The summed E-state index contributed by atoms with van der Waals surface area (Å²) in [5, 5.41) is 11.9. The second kappa shape index (κ2) is 6.55. The first-order valence-corrected chi connectivity index (χ1v) is 6.37. The first-order chi connectivity index (χ1) is 7.65. The molecule has 1 aromatic heterocycles. The van der Waals surface area contributed by atoms with E-state index in [0.717, 1.165) is 5.75 Å². The highest BCUT2D eigenvalue weighted by Gasteiger charge is 2.18. The topological polar surface area (TPSA) is 75.1 Å². The molecule has 0 saturated heterocycles. The Kier molecular flexibility index (Phi) is 5.34. The Morgan fingerprint density at radius 1 is 1.62 bits per heavy atom. The smallest absolute Gasteiger partial charge is 0.326 e. The molecule has 0 aromatic carbocycles. The van der Waals surface area contributed by atoms with Crippen LogP contribution in [-0.4, -0.2) is 39.1 Å². The normalized spacial score (nSPS) is 12.1. The number of carboxylic acid groups (broad SMARTS) is 1. The Hall–Kier alpha value is -1.01. The lowest BCUT2D eigenvalue weighted by Gasteiger charge is -2.14. The Labute approximate surface area is 103 Å². The molecular formula is C9H12ClN3O2S. The van der Waals surface area contributed by atoms with Gasteiger partial charge in [0.05, 0.1) is 0 Å². The zero-order chi connectivity index (χ0) is 12.0. The van der Waals surface area contributed by atoms with Crippen LogP contribution in [0.15, 0.2) is 12.4 Å². The quantitative estimate of drug-likeness (QED) is 0.813. The van der Waals surface area contributed by atoms with E-state index < -0.39 is 12.0 Å². The maximum Gasteiger partial charge on any atom is 0.326 e. The van der Waals surface area contributed by atoms with Crippen LogP contribution in [0.25, 0.3) is 0 Å². The maximum absolute atomic E-state index is 11.0. The van der Waals surface area contributed by atoms with Crippen molar-refractivity contribution >= 4 is 35.1 Å². The number of nitrogens with one attached hydrogen (secondary N) is 1. The lowest BCUT2D eigenvalue weighted by atomic mass is 10.2. The molecule has 0 aliphatic rings. The number of carboxylic acids is 1. The highest BCUT2D eigenvalue weighted by molar-refractivity contribution is 7.98. The Morgan fingerprint density at radius 3 is 2.88 bits per heavy atom. The number of rotatable bonds is 6. The number of thioether (sulfide) groups is 1. The molecule has 0 aliphatic carbocycles. The van der Waals surface area contributed by atoms with E-state index in [1.54, 1.807) is 11.8 Å². The zero-order valence-electron chi connectivity index (χ0n) is 8.68. The minimum atomic E-state index is -0.921. The molecule has 2 N–H and O–H groups in total. The largest absolute Gasteiger partial charge is 0.480 e. The van der Waals surface area contributed by atoms with Gasteiger partial charge in [-0.3, -0.25) is 0 Å². The summed E-state index contributed by atoms with van der Waals surface area (Å²) in [6, 6.07) is -0.693. The molecule has 0 spiro atoms. The fraction of sp³-hybridized carbons (Fsp3) is 0.444. The maximum atomic E-state index is 11.0. The van der Waals surface area contributed by atoms with Gasteiger partial charge >= 0.3 is 5.97 Å². The van der Waals surface area contributed by atoms with Gasteiger partial charge in [0.25, 0.3) is 0 Å². The highest BCUT2D eigenvalue weighted by Crippen LogP contribution is 2.16. The van der Waals surface area contributed by atoms with Crippen molar-refractivity contribution in [3.05, 3.63) is 17.5 Å². The van der Waals surface area contributed by atoms with Crippen LogP contribution in [0.1, 0.15) is 6.42 Å². The lowest BCUT2D eigenvalue weighted by Crippen LogP contribution is -2.30. The number of aromatic nitrogens is 2. The van der Waals surface area contributed by atoms with E-state index in [1.807, 2.05) is 6.26 Å². The Bertz CT molecular complexity index is 364. The molecule has 1 heterocycles. The number of hydrogen-bond donors (Lipinski definition) is 2. The third-order valence-corrected chi connectivity index (χ3v) is 2.79. The predicted octanol–water partition coefficient (Wildman–Crippen LogP) is 1.75. The third kappa shape index (κ3) is 3.86. The number of aliphatic carboxylic acids is 1. The molecule has 1 aromatic rings. The van der Waals surface area contributed by atoms with Crippen LogP contribution >= 0.6 is 23.4 Å². The third-order valence-electron chi connectivity index (χ3n) is 1.87. The van der Waals surface area contributed by atoms with E-state index in [4.69, 9.17) is 16.7 Å². The van der Waals surface area contributed by atoms with Crippen molar-refractivity contribution in [1.82, 2.24) is 9.97 Å². The van der Waals surface area contributed by atoms with Gasteiger partial charge in [-0.1, -0.05) is 11.6 Å². The van der Waals surface area contributed by atoms with Crippen LogP contribution in [0.4, 0.5) is 5.82 Å². The summed E-state index contributed by atoms with van der Waals surface area (Å²) in [6.07, 6.45) is 5.34. The molecular weight excluding hydrogens is 250 g/mol. The van der Waals surface area contributed by atoms with Gasteiger partial charge in [0.2, 0.25) is 0 Å². The number of anilines is 1. The molecule has 0 fully saturated rings. The molecule has 0 bridgehead atoms. The fourth-order valence-electron chi connectivity index (χ4n) is 1.08. The van der Waals surface area contributed by atoms with Gasteiger partial charge in [0.15, 0.2) is 11.0 Å². The predicted molar refractivity (Wildman–Crippen MR) is 65.1 cm³/mol. The monoisotopic (exact) mass is 261 g/mol. The summed E-state index contributed by atoms with van der Waals surface area (Å²) in [7, 11) is 0. The summed E-state index contributed by atoms with van der Waals surface area (Å²) in [5.74, 6) is 0.135. The van der Waals surface area contributed by atoms with Crippen LogP contribution in [0.5, 0.6) is 0 Å². The van der Waals surface area contributed by atoms with E-state index in [-0.39, 0.29) is 5.15 Å². The van der Waals surface area contributed by atoms with Gasteiger partial charge in [-0.2, -0.15) is 11.8 Å². The molecule has 0 aliphatic heterocycles. The van der Waals surface area contributed by atoms with Crippen molar-refractivity contribution in [2.75, 3.05) is 17.3 Å². The van der Waals surface area contributed by atoms with Crippen LogP contribution in [0.2, 0.25) is 5.15 Å². The molecule has 5 nitrogen and oxygen atoms in total. The molecule has 7 heteroatoms. The minimum Gasteiger partial charge on any atom is -0.480 e. The Morgan fingerprint density at radius 2 is 2.31 bits per heavy atom. The van der Waals surface area contributed by atoms with Crippen LogP contribution in [-0.2, 0) is 4.79 Å². The average Bonchev–Trinajstić information content (AvgIpc) is 2.26. The molecule has 1 atom stereocenters. The van der Waals surface area contributed by atoms with Crippen molar-refractivity contribution in [3.63, 3.8) is 0 Å². The van der Waals surface area contributed by atoms with Crippen molar-refractivity contribution in [2.24, 2.45) is 0 Å². The van der Waals surface area contributed by atoms with Crippen LogP contribution in [0, 0.1) is 0 Å².